The first kappa shape index (κ1) is 7.34. The van der Waals surface area contributed by atoms with Gasteiger partial charge >= 0.3 is 0 Å². The number of aromatic nitrogens is 1. The van der Waals surface area contributed by atoms with Gasteiger partial charge in [-0.1, -0.05) is 0 Å². The lowest BCUT2D eigenvalue weighted by Gasteiger charge is -1.98. The summed E-state index contributed by atoms with van der Waals surface area (Å²) in [6, 6.07) is 0. The number of oxazole rings is 1. The molecule has 1 fully saturated rings. The molecule has 0 unspecified atom stereocenters. The fraction of sp³-hybridized carbons (Fsp3) is 0.500. The molecular weight excluding hydrogens is 156 g/mol. The highest BCUT2D eigenvalue weighted by Crippen LogP contribution is 2.27. The molecule has 0 radical (unpaired) electrons. The van der Waals surface area contributed by atoms with Gasteiger partial charge in [0.2, 0.25) is 5.76 Å². The summed E-state index contributed by atoms with van der Waals surface area (Å²) in [5.74, 6) is 0.812. The van der Waals surface area contributed by atoms with Crippen LogP contribution in [0.2, 0.25) is 0 Å². The molecule has 4 heteroatoms. The molecule has 0 aliphatic heterocycles. The smallest absolute Gasteiger partial charge is 0.288 e. The van der Waals surface area contributed by atoms with Crippen LogP contribution >= 0.6 is 0 Å². The van der Waals surface area contributed by atoms with Crippen LogP contribution in [0.1, 0.15) is 23.4 Å². The molecular formula is C8H10N2O2. The van der Waals surface area contributed by atoms with Crippen molar-refractivity contribution < 1.29 is 9.21 Å². The van der Waals surface area contributed by atoms with Gasteiger partial charge in [-0.3, -0.25) is 4.79 Å². The summed E-state index contributed by atoms with van der Waals surface area (Å²) in [5, 5.41) is 2.77. The molecule has 0 atom stereocenters. The van der Waals surface area contributed by atoms with Crippen LogP contribution in [0.5, 0.6) is 0 Å². The van der Waals surface area contributed by atoms with Crippen molar-refractivity contribution >= 4 is 5.91 Å². The van der Waals surface area contributed by atoms with E-state index in [2.05, 4.69) is 10.3 Å². The number of hydrogen-bond acceptors (Lipinski definition) is 3. The number of carbonyl (C=O) groups excluding carboxylic acids is 1. The second-order valence-corrected chi connectivity index (χ2v) is 3.02. The SMILES string of the molecule is O=C(NCC1CC1)c1cnco1. The fourth-order valence-electron chi connectivity index (χ4n) is 0.974. The first-order valence-electron chi connectivity index (χ1n) is 4.03. The molecule has 1 aromatic rings. The third-order valence-electron chi connectivity index (χ3n) is 1.90. The van der Waals surface area contributed by atoms with Crippen LogP contribution in [0.15, 0.2) is 17.0 Å². The van der Waals surface area contributed by atoms with Crippen molar-refractivity contribution in [2.75, 3.05) is 6.54 Å². The van der Waals surface area contributed by atoms with E-state index in [1.54, 1.807) is 0 Å². The van der Waals surface area contributed by atoms with E-state index >= 15 is 0 Å². The Kier molecular flexibility index (Phi) is 1.81. The third-order valence-corrected chi connectivity index (χ3v) is 1.90. The predicted molar refractivity (Wildman–Crippen MR) is 41.6 cm³/mol. The van der Waals surface area contributed by atoms with E-state index in [0.29, 0.717) is 5.92 Å². The largest absolute Gasteiger partial charge is 0.438 e. The van der Waals surface area contributed by atoms with E-state index in [4.69, 9.17) is 4.42 Å². The van der Waals surface area contributed by atoms with Crippen molar-refractivity contribution in [3.8, 4) is 0 Å². The van der Waals surface area contributed by atoms with E-state index in [1.807, 2.05) is 0 Å². The molecule has 12 heavy (non-hydrogen) atoms. The van der Waals surface area contributed by atoms with Crippen molar-refractivity contribution in [1.82, 2.24) is 10.3 Å². The quantitative estimate of drug-likeness (QED) is 0.723. The first-order valence-corrected chi connectivity index (χ1v) is 4.03. The van der Waals surface area contributed by atoms with E-state index in [0.717, 1.165) is 6.54 Å². The molecule has 0 spiro atoms. The Morgan fingerprint density at radius 1 is 1.75 bits per heavy atom. The van der Waals surface area contributed by atoms with Gasteiger partial charge in [0.05, 0.1) is 6.20 Å². The highest BCUT2D eigenvalue weighted by molar-refractivity contribution is 5.90. The molecule has 1 aliphatic rings. The zero-order valence-electron chi connectivity index (χ0n) is 6.62. The van der Waals surface area contributed by atoms with Gasteiger partial charge in [-0.2, -0.15) is 0 Å². The summed E-state index contributed by atoms with van der Waals surface area (Å²) >= 11 is 0. The Bertz CT molecular complexity index is 265. The van der Waals surface area contributed by atoms with E-state index in [9.17, 15) is 4.79 Å². The van der Waals surface area contributed by atoms with Gasteiger partial charge in [0.25, 0.3) is 5.91 Å². The Morgan fingerprint density at radius 3 is 3.17 bits per heavy atom. The van der Waals surface area contributed by atoms with Crippen molar-refractivity contribution in [2.24, 2.45) is 5.92 Å². The van der Waals surface area contributed by atoms with Crippen LogP contribution < -0.4 is 5.32 Å². The van der Waals surface area contributed by atoms with Crippen LogP contribution in [0, 0.1) is 5.92 Å². The third kappa shape index (κ3) is 1.64. The fourth-order valence-corrected chi connectivity index (χ4v) is 0.974. The summed E-state index contributed by atoms with van der Waals surface area (Å²) in [7, 11) is 0. The average Bonchev–Trinajstić information content (AvgIpc) is 2.74. The Morgan fingerprint density at radius 2 is 2.58 bits per heavy atom. The molecule has 0 aromatic carbocycles. The number of hydrogen-bond donors (Lipinski definition) is 1. The first-order chi connectivity index (χ1) is 5.86. The predicted octanol–water partition coefficient (Wildman–Crippen LogP) is 0.814. The minimum atomic E-state index is -0.167. The molecule has 1 aromatic heterocycles. The number of amides is 1. The Labute approximate surface area is 70.0 Å². The van der Waals surface area contributed by atoms with Crippen molar-refractivity contribution in [2.45, 2.75) is 12.8 Å². The standard InChI is InChI=1S/C8H10N2O2/c11-8(7-4-9-5-12-7)10-3-6-1-2-6/h4-6H,1-3H2,(H,10,11). The van der Waals surface area contributed by atoms with Gasteiger partial charge in [0.1, 0.15) is 0 Å². The normalized spacial score (nSPS) is 16.0. The van der Waals surface area contributed by atoms with Crippen LogP contribution in [0.25, 0.3) is 0 Å². The molecule has 2 rings (SSSR count). The number of rotatable bonds is 3. The summed E-state index contributed by atoms with van der Waals surface area (Å²) in [6.07, 6.45) is 5.14. The monoisotopic (exact) mass is 166 g/mol. The summed E-state index contributed by atoms with van der Waals surface area (Å²) in [5.41, 5.74) is 0. The maximum atomic E-state index is 11.2. The minimum absolute atomic E-state index is 0.167. The topological polar surface area (TPSA) is 55.1 Å². The van der Waals surface area contributed by atoms with Crippen LogP contribution in [0.3, 0.4) is 0 Å². The second kappa shape index (κ2) is 2.97. The minimum Gasteiger partial charge on any atom is -0.438 e. The second-order valence-electron chi connectivity index (χ2n) is 3.02. The maximum Gasteiger partial charge on any atom is 0.288 e. The molecule has 1 amide bonds. The molecule has 1 N–H and O–H groups in total. The highest BCUT2D eigenvalue weighted by atomic mass is 16.3. The van der Waals surface area contributed by atoms with Gasteiger partial charge in [-0.05, 0) is 18.8 Å². The summed E-state index contributed by atoms with van der Waals surface area (Å²) in [6.45, 7) is 0.763. The molecule has 1 saturated carbocycles. The van der Waals surface area contributed by atoms with E-state index in [-0.39, 0.29) is 11.7 Å². The zero-order valence-corrected chi connectivity index (χ0v) is 6.62. The lowest BCUT2D eigenvalue weighted by molar-refractivity contribution is 0.0924. The van der Waals surface area contributed by atoms with Gasteiger partial charge in [0, 0.05) is 6.54 Å². The molecule has 1 aliphatic carbocycles. The van der Waals surface area contributed by atoms with E-state index in [1.165, 1.54) is 25.4 Å². The average molecular weight is 166 g/mol. The summed E-state index contributed by atoms with van der Waals surface area (Å²) in [4.78, 5) is 14.9. The van der Waals surface area contributed by atoms with Gasteiger partial charge < -0.3 is 9.73 Å². The van der Waals surface area contributed by atoms with Crippen molar-refractivity contribution in [3.05, 3.63) is 18.4 Å². The molecule has 64 valence electrons. The molecule has 4 nitrogen and oxygen atoms in total. The number of nitrogens with one attached hydrogen (secondary N) is 1. The van der Waals surface area contributed by atoms with Gasteiger partial charge in [0.15, 0.2) is 6.39 Å². The van der Waals surface area contributed by atoms with Crippen molar-refractivity contribution in [3.63, 3.8) is 0 Å². The van der Waals surface area contributed by atoms with E-state index < -0.39 is 0 Å². The summed E-state index contributed by atoms with van der Waals surface area (Å²) < 4.78 is 4.82. The lowest BCUT2D eigenvalue weighted by Crippen LogP contribution is -2.24. The highest BCUT2D eigenvalue weighted by Gasteiger charge is 2.22. The zero-order chi connectivity index (χ0) is 8.39. The Hall–Kier alpha value is -1.32. The number of nitrogens with zero attached hydrogens (tertiary/aromatic N) is 1. The van der Waals surface area contributed by atoms with Gasteiger partial charge in [-0.15, -0.1) is 0 Å². The van der Waals surface area contributed by atoms with Crippen molar-refractivity contribution in [1.29, 1.82) is 0 Å². The lowest BCUT2D eigenvalue weighted by atomic mass is 10.4. The van der Waals surface area contributed by atoms with Gasteiger partial charge in [-0.25, -0.2) is 4.98 Å². The van der Waals surface area contributed by atoms with Crippen LogP contribution in [0.4, 0.5) is 0 Å². The number of carbonyl (C=O) groups is 1. The molecule has 1 heterocycles. The molecule has 0 saturated heterocycles. The van der Waals surface area contributed by atoms with Crippen LogP contribution in [-0.2, 0) is 0 Å². The Balaban J connectivity index is 1.83. The van der Waals surface area contributed by atoms with Crippen LogP contribution in [-0.4, -0.2) is 17.4 Å². The molecule has 0 bridgehead atoms. The maximum absolute atomic E-state index is 11.2.